The molecule has 1 saturated heterocycles. The molecule has 240 valence electrons. The normalized spacial score (nSPS) is 14.5. The fourth-order valence-electron chi connectivity index (χ4n) is 5.84. The number of aryl methyl sites for hydroxylation is 1. The van der Waals surface area contributed by atoms with E-state index in [-0.39, 0.29) is 42.1 Å². The minimum absolute atomic E-state index is 0. The maximum Gasteiger partial charge on any atom is 0.332 e. The van der Waals surface area contributed by atoms with E-state index in [4.69, 9.17) is 4.74 Å². The van der Waals surface area contributed by atoms with E-state index in [2.05, 4.69) is 29.2 Å². The fraction of sp³-hybridized carbons (Fsp3) is 0.382. The highest BCUT2D eigenvalue weighted by Crippen LogP contribution is 2.30. The molecule has 0 amide bonds. The molecule has 5 rings (SSSR count). The summed E-state index contributed by atoms with van der Waals surface area (Å²) in [4.78, 5) is 40.7. The molecule has 1 aliphatic heterocycles. The van der Waals surface area contributed by atoms with Gasteiger partial charge in [-0.05, 0) is 63.3 Å². The van der Waals surface area contributed by atoms with Crippen molar-refractivity contribution in [2.24, 2.45) is 0 Å². The second kappa shape index (κ2) is 14.5. The number of hydrogen-bond acceptors (Lipinski definition) is 5. The molecule has 0 unspecified atom stereocenters. The zero-order valence-corrected chi connectivity index (χ0v) is 26.1. The summed E-state index contributed by atoms with van der Waals surface area (Å²) in [5.74, 6) is -3.82. The summed E-state index contributed by atoms with van der Waals surface area (Å²) in [5.41, 5.74) is -1.55. The summed E-state index contributed by atoms with van der Waals surface area (Å²) in [7, 11) is 0. The average Bonchev–Trinajstić information content (AvgIpc) is 3.02. The number of ether oxygens (including phenoxy) is 1. The van der Waals surface area contributed by atoms with Gasteiger partial charge in [0.2, 0.25) is 0 Å². The monoisotopic (exact) mass is 641 g/mol. The van der Waals surface area contributed by atoms with E-state index < -0.39 is 34.4 Å². The number of aromatic nitrogens is 2. The largest absolute Gasteiger partial charge is 0.480 e. The number of benzene rings is 3. The Labute approximate surface area is 266 Å². The Morgan fingerprint density at radius 2 is 1.44 bits per heavy atom. The van der Waals surface area contributed by atoms with E-state index in [0.717, 1.165) is 55.7 Å². The minimum atomic E-state index is -1.89. The third-order valence-corrected chi connectivity index (χ3v) is 8.44. The van der Waals surface area contributed by atoms with E-state index in [9.17, 15) is 28.3 Å². The van der Waals surface area contributed by atoms with Crippen molar-refractivity contribution in [2.45, 2.75) is 63.8 Å². The van der Waals surface area contributed by atoms with Gasteiger partial charge in [-0.1, -0.05) is 60.7 Å². The summed E-state index contributed by atoms with van der Waals surface area (Å²) < 4.78 is 36.7. The number of unbranched alkanes of at least 4 members (excludes halogenated alkanes) is 1. The molecule has 1 fully saturated rings. The van der Waals surface area contributed by atoms with Gasteiger partial charge in [-0.25, -0.2) is 22.9 Å². The summed E-state index contributed by atoms with van der Waals surface area (Å²) in [5, 5.41) is 9.44. The number of aliphatic carboxylic acids is 1. The van der Waals surface area contributed by atoms with Gasteiger partial charge in [-0.15, -0.1) is 12.4 Å². The summed E-state index contributed by atoms with van der Waals surface area (Å²) >= 11 is 0. The molecular formula is C34H38ClF2N3O5. The van der Waals surface area contributed by atoms with Gasteiger partial charge < -0.3 is 14.7 Å². The highest BCUT2D eigenvalue weighted by molar-refractivity contribution is 5.85. The Balaban J connectivity index is 0.00000461. The number of likely N-dealkylation sites (tertiary alicyclic amines) is 1. The Morgan fingerprint density at radius 1 is 0.911 bits per heavy atom. The van der Waals surface area contributed by atoms with Crippen molar-refractivity contribution in [1.82, 2.24) is 14.0 Å². The van der Waals surface area contributed by atoms with E-state index in [1.54, 1.807) is 0 Å². The van der Waals surface area contributed by atoms with Crippen molar-refractivity contribution in [3.8, 4) is 0 Å². The number of rotatable bonds is 11. The zero-order chi connectivity index (χ0) is 31.4. The fourth-order valence-corrected chi connectivity index (χ4v) is 5.84. The molecule has 0 radical (unpaired) electrons. The quantitative estimate of drug-likeness (QED) is 0.210. The molecule has 11 heteroatoms. The maximum atomic E-state index is 14.2. The Bertz CT molecular complexity index is 1700. The first-order chi connectivity index (χ1) is 21.1. The molecule has 0 spiro atoms. The third-order valence-electron chi connectivity index (χ3n) is 8.44. The highest BCUT2D eigenvalue weighted by atomic mass is 35.5. The number of carboxylic acid groups (broad SMARTS) is 1. The molecule has 1 N–H and O–H groups in total. The molecular weight excluding hydrogens is 604 g/mol. The first-order valence-electron chi connectivity index (χ1n) is 14.9. The Kier molecular flexibility index (Phi) is 11.0. The molecule has 0 atom stereocenters. The van der Waals surface area contributed by atoms with Gasteiger partial charge in [0, 0.05) is 25.7 Å². The molecule has 2 heterocycles. The van der Waals surface area contributed by atoms with Gasteiger partial charge in [0.15, 0.2) is 11.6 Å². The zero-order valence-electron chi connectivity index (χ0n) is 25.3. The van der Waals surface area contributed by atoms with Crippen LogP contribution in [0.25, 0.3) is 10.9 Å². The van der Waals surface area contributed by atoms with Crippen LogP contribution in [0.15, 0.2) is 82.4 Å². The van der Waals surface area contributed by atoms with E-state index >= 15 is 0 Å². The van der Waals surface area contributed by atoms with Crippen molar-refractivity contribution < 1.29 is 23.4 Å². The molecule has 3 aromatic carbocycles. The molecule has 45 heavy (non-hydrogen) atoms. The lowest BCUT2D eigenvalue weighted by Crippen LogP contribution is -2.52. The number of fused-ring (bicyclic) bond motifs is 1. The number of piperidine rings is 1. The smallest absolute Gasteiger partial charge is 0.332 e. The molecule has 8 nitrogen and oxygen atoms in total. The number of nitrogens with zero attached hydrogens (tertiary/aromatic N) is 3. The topological polar surface area (TPSA) is 93.8 Å². The predicted molar refractivity (Wildman–Crippen MR) is 171 cm³/mol. The van der Waals surface area contributed by atoms with Crippen molar-refractivity contribution >= 4 is 29.3 Å². The predicted octanol–water partition coefficient (Wildman–Crippen LogP) is 5.73. The van der Waals surface area contributed by atoms with Crippen LogP contribution >= 0.6 is 12.4 Å². The third kappa shape index (κ3) is 7.35. The molecule has 0 aliphatic carbocycles. The van der Waals surface area contributed by atoms with E-state index in [1.165, 1.54) is 18.4 Å². The van der Waals surface area contributed by atoms with E-state index in [1.807, 2.05) is 36.4 Å². The van der Waals surface area contributed by atoms with Gasteiger partial charge in [-0.2, -0.15) is 0 Å². The molecule has 0 saturated carbocycles. The van der Waals surface area contributed by atoms with Crippen LogP contribution in [0.2, 0.25) is 0 Å². The van der Waals surface area contributed by atoms with Gasteiger partial charge >= 0.3 is 11.7 Å². The Hall–Kier alpha value is -3.86. The number of carboxylic acids is 1. The summed E-state index contributed by atoms with van der Waals surface area (Å²) in [6.45, 7) is 5.04. The second-order valence-electron chi connectivity index (χ2n) is 11.8. The van der Waals surface area contributed by atoms with Crippen LogP contribution < -0.4 is 11.2 Å². The van der Waals surface area contributed by atoms with Crippen LogP contribution in [0.3, 0.4) is 0 Å². The van der Waals surface area contributed by atoms with Crippen LogP contribution in [0.4, 0.5) is 8.78 Å². The Morgan fingerprint density at radius 3 is 2.00 bits per heavy atom. The van der Waals surface area contributed by atoms with Crippen LogP contribution in [-0.4, -0.2) is 50.8 Å². The van der Waals surface area contributed by atoms with Gasteiger partial charge in [-0.3, -0.25) is 9.36 Å². The van der Waals surface area contributed by atoms with Crippen molar-refractivity contribution in [2.75, 3.05) is 19.6 Å². The molecule has 1 aromatic heterocycles. The lowest BCUT2D eigenvalue weighted by Gasteiger charge is -2.34. The second-order valence-corrected chi connectivity index (χ2v) is 11.8. The number of hydrogen-bond donors (Lipinski definition) is 1. The first-order valence-corrected chi connectivity index (χ1v) is 14.9. The molecule has 1 aliphatic rings. The number of carbonyl (C=O) groups is 1. The van der Waals surface area contributed by atoms with Gasteiger partial charge in [0.25, 0.3) is 5.56 Å². The van der Waals surface area contributed by atoms with Crippen LogP contribution in [-0.2, 0) is 21.6 Å². The molecule has 0 bridgehead atoms. The minimum Gasteiger partial charge on any atom is -0.480 e. The summed E-state index contributed by atoms with van der Waals surface area (Å²) in [6.07, 6.45) is 2.94. The van der Waals surface area contributed by atoms with Crippen LogP contribution in [0.5, 0.6) is 0 Å². The lowest BCUT2D eigenvalue weighted by molar-refractivity contribution is -0.146. The number of halogens is 3. The SMILES string of the molecule is CC(C)(C(=O)O)n1c(=O)c2cc(F)c(F)cc2n(CCCCN2CCC(OC(c3ccccc3)c3ccccc3)CC2)c1=O.Cl. The molecule has 4 aromatic rings. The maximum absolute atomic E-state index is 14.2. The van der Waals surface area contributed by atoms with Crippen LogP contribution in [0, 0.1) is 11.6 Å². The highest BCUT2D eigenvalue weighted by Gasteiger charge is 2.34. The van der Waals surface area contributed by atoms with Crippen LogP contribution in [0.1, 0.15) is 56.8 Å². The van der Waals surface area contributed by atoms with Crippen molar-refractivity contribution in [1.29, 1.82) is 0 Å². The van der Waals surface area contributed by atoms with Crippen molar-refractivity contribution in [3.05, 3.63) is 116 Å². The van der Waals surface area contributed by atoms with Crippen molar-refractivity contribution in [3.63, 3.8) is 0 Å². The lowest BCUT2D eigenvalue weighted by atomic mass is 10.00. The first kappa shape index (κ1) is 34.0. The average molecular weight is 642 g/mol. The summed E-state index contributed by atoms with van der Waals surface area (Å²) in [6, 6.07) is 22.0. The van der Waals surface area contributed by atoms with Gasteiger partial charge in [0.1, 0.15) is 11.6 Å². The standard InChI is InChI=1S/C34H37F2N3O5.ClH/c1-34(2,32(41)42)39-31(40)26-21-27(35)28(36)22-29(26)38(33(39)43)18-10-9-17-37-19-15-25(16-20-37)44-30(23-11-5-3-6-12-23)24-13-7-4-8-14-24;/h3-8,11-14,21-22,25,30H,9-10,15-20H2,1-2H3,(H,41,42);1H. The van der Waals surface area contributed by atoms with Gasteiger partial charge in [0.05, 0.1) is 17.0 Å². The van der Waals surface area contributed by atoms with E-state index in [0.29, 0.717) is 17.4 Å².